The van der Waals surface area contributed by atoms with E-state index < -0.39 is 0 Å². The van der Waals surface area contributed by atoms with Crippen LogP contribution >= 0.6 is 0 Å². The normalized spacial score (nSPS) is 10.2. The third-order valence-corrected chi connectivity index (χ3v) is 2.38. The number of H-pyrrole nitrogens is 1. The number of rotatable bonds is 4. The molecule has 0 spiro atoms. The number of benzene rings is 1. The van der Waals surface area contributed by atoms with E-state index in [0.29, 0.717) is 12.4 Å². The summed E-state index contributed by atoms with van der Waals surface area (Å²) in [6.45, 7) is 2.54. The van der Waals surface area contributed by atoms with Gasteiger partial charge in [0, 0.05) is 12.2 Å². The fourth-order valence-electron chi connectivity index (χ4n) is 1.60. The van der Waals surface area contributed by atoms with Gasteiger partial charge in [-0.15, -0.1) is 10.2 Å². The molecule has 0 saturated carbocycles. The van der Waals surface area contributed by atoms with Gasteiger partial charge in [-0.3, -0.25) is 4.79 Å². The predicted octanol–water partition coefficient (Wildman–Crippen LogP) is 0.795. The Hall–Kier alpha value is -2.24. The van der Waals surface area contributed by atoms with Crippen LogP contribution in [0.2, 0.25) is 0 Å². The summed E-state index contributed by atoms with van der Waals surface area (Å²) in [5, 5.41) is 13.3. The molecule has 6 nitrogen and oxygen atoms in total. The van der Waals surface area contributed by atoms with Gasteiger partial charge >= 0.3 is 0 Å². The number of para-hydroxylation sites is 1. The second kappa shape index (κ2) is 5.20. The number of anilines is 1. The van der Waals surface area contributed by atoms with Crippen LogP contribution in [0.1, 0.15) is 12.7 Å². The summed E-state index contributed by atoms with van der Waals surface area (Å²) < 4.78 is 0. The number of aromatic amines is 1. The lowest BCUT2D eigenvalue weighted by Crippen LogP contribution is -2.32. The molecule has 6 heteroatoms. The van der Waals surface area contributed by atoms with E-state index in [2.05, 4.69) is 20.6 Å². The maximum atomic E-state index is 12.0. The van der Waals surface area contributed by atoms with E-state index in [9.17, 15) is 4.79 Å². The van der Waals surface area contributed by atoms with Crippen molar-refractivity contribution in [3.63, 3.8) is 0 Å². The number of carbonyl (C=O) groups is 1. The molecule has 1 heterocycles. The number of hydrogen-bond acceptors (Lipinski definition) is 4. The molecule has 0 unspecified atom stereocenters. The van der Waals surface area contributed by atoms with E-state index in [1.165, 1.54) is 0 Å². The van der Waals surface area contributed by atoms with Crippen LogP contribution in [0, 0.1) is 0 Å². The molecule has 0 bridgehead atoms. The number of nitrogens with zero attached hydrogens (tertiary/aromatic N) is 4. The molecule has 0 aliphatic heterocycles. The number of hydrogen-bond donors (Lipinski definition) is 1. The summed E-state index contributed by atoms with van der Waals surface area (Å²) in [4.78, 5) is 13.7. The van der Waals surface area contributed by atoms with Crippen LogP contribution in [0.5, 0.6) is 0 Å². The summed E-state index contributed by atoms with van der Waals surface area (Å²) in [7, 11) is 0. The smallest absolute Gasteiger partial charge is 0.234 e. The van der Waals surface area contributed by atoms with Gasteiger partial charge in [0.25, 0.3) is 0 Å². The minimum absolute atomic E-state index is 0.0416. The van der Waals surface area contributed by atoms with Crippen LogP contribution < -0.4 is 4.90 Å². The Morgan fingerprint density at radius 1 is 1.35 bits per heavy atom. The summed E-state index contributed by atoms with van der Waals surface area (Å²) in [5.74, 6) is 0.365. The average Bonchev–Trinajstić information content (AvgIpc) is 2.84. The lowest BCUT2D eigenvalue weighted by molar-refractivity contribution is -0.118. The highest BCUT2D eigenvalue weighted by Gasteiger charge is 2.15. The summed E-state index contributed by atoms with van der Waals surface area (Å²) in [5.41, 5.74) is 0.878. The van der Waals surface area contributed by atoms with Gasteiger partial charge in [0.05, 0.1) is 6.42 Å². The zero-order valence-electron chi connectivity index (χ0n) is 9.50. The molecule has 17 heavy (non-hydrogen) atoms. The molecular weight excluding hydrogens is 218 g/mol. The number of carbonyl (C=O) groups excluding carboxylic acids is 1. The molecule has 1 aromatic heterocycles. The van der Waals surface area contributed by atoms with Crippen LogP contribution in [0.3, 0.4) is 0 Å². The summed E-state index contributed by atoms with van der Waals surface area (Å²) in [6.07, 6.45) is 0.152. The number of likely N-dealkylation sites (N-methyl/N-ethyl adjacent to an activating group) is 1. The van der Waals surface area contributed by atoms with Crippen molar-refractivity contribution in [2.24, 2.45) is 0 Å². The zero-order valence-corrected chi connectivity index (χ0v) is 9.50. The lowest BCUT2D eigenvalue weighted by Gasteiger charge is -2.20. The van der Waals surface area contributed by atoms with Gasteiger partial charge in [-0.1, -0.05) is 23.4 Å². The topological polar surface area (TPSA) is 74.8 Å². The van der Waals surface area contributed by atoms with E-state index in [-0.39, 0.29) is 12.3 Å². The van der Waals surface area contributed by atoms with Gasteiger partial charge in [-0.25, -0.2) is 0 Å². The maximum Gasteiger partial charge on any atom is 0.234 e. The van der Waals surface area contributed by atoms with Crippen LogP contribution in [0.4, 0.5) is 5.69 Å². The first kappa shape index (κ1) is 11.3. The van der Waals surface area contributed by atoms with Gasteiger partial charge in [-0.05, 0) is 19.1 Å². The molecule has 88 valence electrons. The number of amides is 1. The third-order valence-electron chi connectivity index (χ3n) is 2.38. The van der Waals surface area contributed by atoms with Gasteiger partial charge in [0.2, 0.25) is 5.91 Å². The molecule has 0 aliphatic rings. The fraction of sp³-hybridized carbons (Fsp3) is 0.273. The van der Waals surface area contributed by atoms with Gasteiger partial charge in [-0.2, -0.15) is 5.21 Å². The molecule has 0 atom stereocenters. The van der Waals surface area contributed by atoms with Crippen molar-refractivity contribution in [2.75, 3.05) is 11.4 Å². The molecule has 1 amide bonds. The van der Waals surface area contributed by atoms with Crippen molar-refractivity contribution in [2.45, 2.75) is 13.3 Å². The van der Waals surface area contributed by atoms with Crippen molar-refractivity contribution in [3.05, 3.63) is 36.2 Å². The van der Waals surface area contributed by atoms with Crippen molar-refractivity contribution < 1.29 is 4.79 Å². The van der Waals surface area contributed by atoms with E-state index in [1.807, 2.05) is 37.3 Å². The van der Waals surface area contributed by atoms with E-state index in [0.717, 1.165) is 5.69 Å². The monoisotopic (exact) mass is 231 g/mol. The Morgan fingerprint density at radius 3 is 2.71 bits per heavy atom. The highest BCUT2D eigenvalue weighted by atomic mass is 16.2. The second-order valence-electron chi connectivity index (χ2n) is 3.48. The summed E-state index contributed by atoms with van der Waals surface area (Å²) in [6, 6.07) is 9.52. The molecule has 0 fully saturated rings. The maximum absolute atomic E-state index is 12.0. The van der Waals surface area contributed by atoms with E-state index in [4.69, 9.17) is 0 Å². The van der Waals surface area contributed by atoms with Crippen molar-refractivity contribution in [3.8, 4) is 0 Å². The molecular formula is C11H13N5O. The van der Waals surface area contributed by atoms with Crippen LogP contribution in [-0.4, -0.2) is 33.1 Å². The quantitative estimate of drug-likeness (QED) is 0.844. The SMILES string of the molecule is CCN(C(=O)Cc1nn[nH]n1)c1ccccc1. The molecule has 0 radical (unpaired) electrons. The number of tetrazole rings is 1. The second-order valence-corrected chi connectivity index (χ2v) is 3.48. The van der Waals surface area contributed by atoms with E-state index in [1.54, 1.807) is 4.90 Å². The van der Waals surface area contributed by atoms with E-state index >= 15 is 0 Å². The predicted molar refractivity (Wildman–Crippen MR) is 62.4 cm³/mol. The molecule has 0 saturated heterocycles. The average molecular weight is 231 g/mol. The number of aromatic nitrogens is 4. The van der Waals surface area contributed by atoms with Crippen molar-refractivity contribution >= 4 is 11.6 Å². The molecule has 2 rings (SSSR count). The van der Waals surface area contributed by atoms with Crippen molar-refractivity contribution in [1.82, 2.24) is 20.6 Å². The molecule has 1 aromatic carbocycles. The Balaban J connectivity index is 2.11. The minimum atomic E-state index is -0.0416. The van der Waals surface area contributed by atoms with Gasteiger partial charge in [0.15, 0.2) is 5.82 Å². The molecule has 1 N–H and O–H groups in total. The highest BCUT2D eigenvalue weighted by molar-refractivity contribution is 5.94. The first-order chi connectivity index (χ1) is 8.31. The Morgan fingerprint density at radius 2 is 2.12 bits per heavy atom. The first-order valence-electron chi connectivity index (χ1n) is 5.39. The third kappa shape index (κ3) is 2.66. The summed E-state index contributed by atoms with van der Waals surface area (Å²) >= 11 is 0. The van der Waals surface area contributed by atoms with Crippen LogP contribution in [-0.2, 0) is 11.2 Å². The lowest BCUT2D eigenvalue weighted by atomic mass is 10.2. The van der Waals surface area contributed by atoms with Crippen LogP contribution in [0.25, 0.3) is 0 Å². The fourth-order valence-corrected chi connectivity index (χ4v) is 1.60. The molecule has 0 aliphatic carbocycles. The molecule has 2 aromatic rings. The van der Waals surface area contributed by atoms with Crippen molar-refractivity contribution in [1.29, 1.82) is 0 Å². The Bertz CT molecular complexity index is 468. The Labute approximate surface area is 98.6 Å². The highest BCUT2D eigenvalue weighted by Crippen LogP contribution is 2.13. The Kier molecular flexibility index (Phi) is 3.44. The standard InChI is InChI=1S/C11H13N5O/c1-2-16(9-6-4-3-5-7-9)11(17)8-10-12-14-15-13-10/h3-7H,2,8H2,1H3,(H,12,13,14,15). The number of nitrogens with one attached hydrogen (secondary N) is 1. The first-order valence-corrected chi connectivity index (χ1v) is 5.39. The van der Waals surface area contributed by atoms with Gasteiger partial charge < -0.3 is 4.90 Å². The zero-order chi connectivity index (χ0) is 12.1. The minimum Gasteiger partial charge on any atom is -0.312 e. The van der Waals surface area contributed by atoms with Crippen LogP contribution in [0.15, 0.2) is 30.3 Å². The van der Waals surface area contributed by atoms with Gasteiger partial charge in [0.1, 0.15) is 0 Å². The largest absolute Gasteiger partial charge is 0.312 e.